The van der Waals surface area contributed by atoms with E-state index >= 15 is 0 Å². The van der Waals surface area contributed by atoms with Crippen molar-refractivity contribution in [3.8, 4) is 0 Å². The van der Waals surface area contributed by atoms with Crippen LogP contribution in [-0.2, 0) is 4.79 Å². The monoisotopic (exact) mass is 307 g/mol. The average molecular weight is 307 g/mol. The summed E-state index contributed by atoms with van der Waals surface area (Å²) in [4.78, 5) is 22.3. The van der Waals surface area contributed by atoms with Gasteiger partial charge in [0.25, 0.3) is 6.41 Å². The van der Waals surface area contributed by atoms with Gasteiger partial charge < -0.3 is 5.11 Å². The zero-order valence-corrected chi connectivity index (χ0v) is 10.1. The molecule has 0 aromatic heterocycles. The molecule has 0 bridgehead atoms. The maximum absolute atomic E-state index is 10.8. The fourth-order valence-electron chi connectivity index (χ4n) is 1.62. The minimum absolute atomic E-state index is 0. The first-order valence-electron chi connectivity index (χ1n) is 4.89. The number of carbonyl (C=O) groups excluding carboxylic acids is 1. The second-order valence-electron chi connectivity index (χ2n) is 3.44. The van der Waals surface area contributed by atoms with Crippen LogP contribution in [0.1, 0.15) is 5.56 Å². The number of nitrogens with zero attached hydrogens (tertiary/aromatic N) is 3. The molecule has 1 aliphatic rings. The van der Waals surface area contributed by atoms with Gasteiger partial charge in [0.1, 0.15) is 0 Å². The molecule has 96 valence electrons. The van der Waals surface area contributed by atoms with Gasteiger partial charge in [-0.25, -0.2) is 10.1 Å². The van der Waals surface area contributed by atoms with Crippen LogP contribution >= 0.6 is 11.9 Å². The van der Waals surface area contributed by atoms with Crippen molar-refractivity contribution in [3.05, 3.63) is 45.8 Å². The van der Waals surface area contributed by atoms with Crippen LogP contribution in [0.3, 0.4) is 0 Å². The van der Waals surface area contributed by atoms with Crippen molar-refractivity contribution < 1.29 is 14.9 Å². The Hall–Kier alpha value is -0.584. The molecule has 19 heavy (non-hydrogen) atoms. The average Bonchev–Trinajstić information content (AvgIpc) is 2.34. The first-order valence-corrected chi connectivity index (χ1v) is 5.66. The van der Waals surface area contributed by atoms with Crippen molar-refractivity contribution in [3.63, 3.8) is 0 Å². The number of aliphatic hydroxyl groups excluding tert-OH is 1. The van der Waals surface area contributed by atoms with Gasteiger partial charge >= 0.3 is 51.4 Å². The topological polar surface area (TPSA) is 86.9 Å². The molecule has 0 fully saturated rings. The zero-order valence-electron chi connectivity index (χ0n) is 9.31. The molecule has 0 radical (unpaired) electrons. The molecule has 1 heterocycles. The molecule has 0 unspecified atom stereocenters. The summed E-state index contributed by atoms with van der Waals surface area (Å²) < 4.78 is 1.37. The zero-order chi connectivity index (χ0) is 13.3. The predicted molar refractivity (Wildman–Crippen MR) is 71.7 cm³/mol. The molecule has 1 aromatic rings. The number of fused-ring (bicyclic) bond motifs is 1. The molecule has 0 spiro atoms. The Kier molecular flexibility index (Phi) is 5.83. The standard InChI is InChI=1S/C10H9N3O4S.K.H/c1-11-10(12(6-14)13(16)17)9(15)7-4-2-3-5-8(7)18-11;;/h2-6,15H,1H3;;. The third kappa shape index (κ3) is 3.12. The number of carbonyl (C=O) groups is 1. The Morgan fingerprint density at radius 1 is 1.47 bits per heavy atom. The summed E-state index contributed by atoms with van der Waals surface area (Å²) in [7, 11) is 1.53. The van der Waals surface area contributed by atoms with Crippen molar-refractivity contribution in [1.29, 1.82) is 0 Å². The summed E-state index contributed by atoms with van der Waals surface area (Å²) in [5.41, 5.74) is 0.462. The van der Waals surface area contributed by atoms with Crippen molar-refractivity contribution in [2.24, 2.45) is 0 Å². The van der Waals surface area contributed by atoms with Crippen LogP contribution in [0.2, 0.25) is 0 Å². The van der Waals surface area contributed by atoms with Crippen LogP contribution in [0.25, 0.3) is 5.76 Å². The molecule has 1 aliphatic heterocycles. The number of nitro groups is 1. The summed E-state index contributed by atoms with van der Waals surface area (Å²) >= 11 is 1.20. The second-order valence-corrected chi connectivity index (χ2v) is 4.62. The number of benzene rings is 1. The van der Waals surface area contributed by atoms with E-state index in [1.165, 1.54) is 23.3 Å². The van der Waals surface area contributed by atoms with Crippen LogP contribution < -0.4 is 0 Å². The summed E-state index contributed by atoms with van der Waals surface area (Å²) in [6.45, 7) is 0. The predicted octanol–water partition coefficient (Wildman–Crippen LogP) is 0.825. The van der Waals surface area contributed by atoms with E-state index in [1.54, 1.807) is 24.3 Å². The van der Waals surface area contributed by atoms with Gasteiger partial charge in [-0.2, -0.15) is 0 Å². The molecular formula is C10H10KN3O4S. The fraction of sp³-hybridized carbons (Fsp3) is 0.100. The van der Waals surface area contributed by atoms with Gasteiger partial charge in [-0.1, -0.05) is 12.1 Å². The normalized spacial score (nSPS) is 13.4. The molecule has 1 N–H and O–H groups in total. The van der Waals surface area contributed by atoms with E-state index in [0.29, 0.717) is 5.56 Å². The van der Waals surface area contributed by atoms with E-state index in [1.807, 2.05) is 0 Å². The molecule has 0 aliphatic carbocycles. The minimum atomic E-state index is -0.885. The molecular weight excluding hydrogens is 297 g/mol. The van der Waals surface area contributed by atoms with Gasteiger partial charge in [0, 0.05) is 17.5 Å². The second kappa shape index (κ2) is 6.73. The first-order chi connectivity index (χ1) is 8.56. The Morgan fingerprint density at radius 2 is 2.11 bits per heavy atom. The van der Waals surface area contributed by atoms with Crippen LogP contribution in [0.5, 0.6) is 0 Å². The van der Waals surface area contributed by atoms with Gasteiger partial charge in [0.2, 0.25) is 5.82 Å². The van der Waals surface area contributed by atoms with Crippen molar-refractivity contribution >= 4 is 75.5 Å². The molecule has 1 amide bonds. The number of amides is 1. The molecule has 7 nitrogen and oxygen atoms in total. The van der Waals surface area contributed by atoms with Crippen LogP contribution in [0, 0.1) is 10.1 Å². The Bertz CT molecular complexity index is 551. The molecule has 0 saturated carbocycles. The van der Waals surface area contributed by atoms with E-state index in [4.69, 9.17) is 0 Å². The third-order valence-corrected chi connectivity index (χ3v) is 3.38. The summed E-state index contributed by atoms with van der Waals surface area (Å²) in [6, 6.07) is 6.91. The summed E-state index contributed by atoms with van der Waals surface area (Å²) in [6.07, 6.45) is 0.0521. The molecule has 1 aromatic carbocycles. The van der Waals surface area contributed by atoms with Gasteiger partial charge in [-0.15, -0.1) is 0 Å². The van der Waals surface area contributed by atoms with Gasteiger partial charge in [-0.05, 0) is 29.1 Å². The Balaban J connectivity index is 0.00000180. The van der Waals surface area contributed by atoms with E-state index in [9.17, 15) is 20.0 Å². The third-order valence-electron chi connectivity index (χ3n) is 2.38. The van der Waals surface area contributed by atoms with Gasteiger partial charge in [0.05, 0.1) is 0 Å². The van der Waals surface area contributed by atoms with Crippen molar-refractivity contribution in [1.82, 2.24) is 9.31 Å². The SMILES string of the molecule is CN1Sc2ccccc2C(O)=C1N(C=O)[N+](=O)[O-].[KH]. The van der Waals surface area contributed by atoms with E-state index in [0.717, 1.165) is 4.90 Å². The number of hydrogen-bond donors (Lipinski definition) is 1. The molecule has 0 saturated heterocycles. The van der Waals surface area contributed by atoms with E-state index < -0.39 is 5.03 Å². The molecule has 9 heteroatoms. The summed E-state index contributed by atoms with van der Waals surface area (Å²) in [5.74, 6) is -0.464. The quantitative estimate of drug-likeness (QED) is 0.292. The van der Waals surface area contributed by atoms with Gasteiger partial charge in [0.15, 0.2) is 10.8 Å². The van der Waals surface area contributed by atoms with Crippen LogP contribution in [0.15, 0.2) is 35.0 Å². The number of aliphatic hydroxyl groups is 1. The van der Waals surface area contributed by atoms with Crippen molar-refractivity contribution in [2.45, 2.75) is 4.90 Å². The van der Waals surface area contributed by atoms with Crippen LogP contribution in [0.4, 0.5) is 0 Å². The Labute approximate surface area is 155 Å². The van der Waals surface area contributed by atoms with E-state index in [-0.39, 0.29) is 74.4 Å². The first kappa shape index (κ1) is 16.5. The van der Waals surface area contributed by atoms with Crippen LogP contribution in [-0.4, -0.2) is 84.3 Å². The van der Waals surface area contributed by atoms with Crippen molar-refractivity contribution in [2.75, 3.05) is 7.05 Å². The Morgan fingerprint density at radius 3 is 2.68 bits per heavy atom. The number of hydrazine groups is 1. The van der Waals surface area contributed by atoms with E-state index in [2.05, 4.69) is 0 Å². The molecule has 2 rings (SSSR count). The summed E-state index contributed by atoms with van der Waals surface area (Å²) in [5, 5.41) is 20.2. The maximum atomic E-state index is 10.8. The molecule has 0 atom stereocenters. The number of rotatable bonds is 3. The fourth-order valence-corrected chi connectivity index (χ4v) is 2.57. The number of hydrogen-bond acceptors (Lipinski definition) is 6. The van der Waals surface area contributed by atoms with Gasteiger partial charge in [-0.3, -0.25) is 9.10 Å².